The van der Waals surface area contributed by atoms with Crippen LogP contribution in [0.25, 0.3) is 0 Å². The lowest BCUT2D eigenvalue weighted by atomic mass is 9.95. The van der Waals surface area contributed by atoms with Crippen LogP contribution in [0.5, 0.6) is 0 Å². The van der Waals surface area contributed by atoms with Gasteiger partial charge >= 0.3 is 0 Å². The molecule has 112 valence electrons. The van der Waals surface area contributed by atoms with Crippen molar-refractivity contribution in [3.05, 3.63) is 68.7 Å². The first-order chi connectivity index (χ1) is 9.88. The molecular formula is C19H24BrN. The third-order valence-electron chi connectivity index (χ3n) is 4.22. The molecule has 0 aliphatic carbocycles. The molecule has 0 fully saturated rings. The third-order valence-corrected chi connectivity index (χ3v) is 4.75. The fraction of sp³-hybridized carbons (Fsp3) is 0.368. The molecule has 2 rings (SSSR count). The molecule has 0 aliphatic heterocycles. The minimum atomic E-state index is 0.328. The Hall–Kier alpha value is -1.12. The summed E-state index contributed by atoms with van der Waals surface area (Å²) in [6.45, 7) is 11.0. The van der Waals surface area contributed by atoms with E-state index in [-0.39, 0.29) is 0 Å². The van der Waals surface area contributed by atoms with E-state index >= 15 is 0 Å². The first kappa shape index (κ1) is 16.3. The summed E-state index contributed by atoms with van der Waals surface area (Å²) in [6.07, 6.45) is 0. The van der Waals surface area contributed by atoms with Crippen LogP contribution in [0.1, 0.15) is 53.7 Å². The Bertz CT molecular complexity index is 616. The van der Waals surface area contributed by atoms with Crippen molar-refractivity contribution < 1.29 is 0 Å². The molecule has 0 heterocycles. The minimum absolute atomic E-state index is 0.328. The van der Waals surface area contributed by atoms with Crippen LogP contribution < -0.4 is 5.32 Å². The molecule has 2 heteroatoms. The topological polar surface area (TPSA) is 12.0 Å². The molecule has 1 N–H and O–H groups in total. The number of hydrogen-bond acceptors (Lipinski definition) is 1. The molecule has 0 saturated carbocycles. The van der Waals surface area contributed by atoms with Gasteiger partial charge in [-0.3, -0.25) is 0 Å². The molecular weight excluding hydrogens is 322 g/mol. The lowest BCUT2D eigenvalue weighted by molar-refractivity contribution is 0.493. The van der Waals surface area contributed by atoms with Crippen molar-refractivity contribution in [3.8, 4) is 0 Å². The maximum absolute atomic E-state index is 3.70. The van der Waals surface area contributed by atoms with Gasteiger partial charge in [0.25, 0.3) is 0 Å². The van der Waals surface area contributed by atoms with E-state index in [0.717, 1.165) is 4.47 Å². The van der Waals surface area contributed by atoms with Crippen LogP contribution >= 0.6 is 15.9 Å². The molecule has 2 aromatic rings. The van der Waals surface area contributed by atoms with Gasteiger partial charge in [0, 0.05) is 16.6 Å². The van der Waals surface area contributed by atoms with Crippen LogP contribution in [0.3, 0.4) is 0 Å². The minimum Gasteiger partial charge on any atom is -0.304 e. The predicted octanol–water partition coefficient (Wildman–Crippen LogP) is 5.79. The van der Waals surface area contributed by atoms with Crippen LogP contribution in [-0.2, 0) is 0 Å². The Labute approximate surface area is 136 Å². The molecule has 0 aromatic heterocycles. The van der Waals surface area contributed by atoms with E-state index in [4.69, 9.17) is 0 Å². The van der Waals surface area contributed by atoms with Crippen molar-refractivity contribution in [2.45, 2.75) is 46.7 Å². The van der Waals surface area contributed by atoms with Crippen molar-refractivity contribution in [1.29, 1.82) is 0 Å². The summed E-state index contributed by atoms with van der Waals surface area (Å²) in [5.74, 6) is 0. The summed E-state index contributed by atoms with van der Waals surface area (Å²) in [4.78, 5) is 0. The van der Waals surface area contributed by atoms with Gasteiger partial charge in [-0.2, -0.15) is 0 Å². The van der Waals surface area contributed by atoms with E-state index in [1.165, 1.54) is 27.8 Å². The van der Waals surface area contributed by atoms with Crippen LogP contribution in [0.2, 0.25) is 0 Å². The molecule has 2 atom stereocenters. The van der Waals surface area contributed by atoms with Gasteiger partial charge in [-0.25, -0.2) is 0 Å². The Kier molecular flexibility index (Phi) is 5.23. The van der Waals surface area contributed by atoms with Gasteiger partial charge in [0.05, 0.1) is 0 Å². The van der Waals surface area contributed by atoms with Gasteiger partial charge in [-0.1, -0.05) is 40.2 Å². The van der Waals surface area contributed by atoms with Gasteiger partial charge < -0.3 is 5.32 Å². The number of benzene rings is 2. The van der Waals surface area contributed by atoms with Crippen molar-refractivity contribution in [2.24, 2.45) is 0 Å². The number of nitrogens with one attached hydrogen (secondary N) is 1. The van der Waals surface area contributed by atoms with E-state index in [2.05, 4.69) is 92.3 Å². The van der Waals surface area contributed by atoms with Crippen LogP contribution in [0.15, 0.2) is 40.9 Å². The monoisotopic (exact) mass is 345 g/mol. The van der Waals surface area contributed by atoms with E-state index in [9.17, 15) is 0 Å². The summed E-state index contributed by atoms with van der Waals surface area (Å²) in [7, 11) is 0. The molecule has 1 nitrogen and oxygen atoms in total. The number of rotatable bonds is 4. The van der Waals surface area contributed by atoms with Crippen LogP contribution in [-0.4, -0.2) is 0 Å². The standard InChI is InChI=1S/C19H24BrN/c1-12-10-14(3)19(11-13(12)2)16(5)21-15(4)17-6-8-18(20)9-7-17/h6-11,15-16,21H,1-5H3/t15-,16?/m0/s1. The van der Waals surface area contributed by atoms with Gasteiger partial charge in [0.1, 0.15) is 0 Å². The van der Waals surface area contributed by atoms with Crippen molar-refractivity contribution in [3.63, 3.8) is 0 Å². The molecule has 0 radical (unpaired) electrons. The molecule has 0 spiro atoms. The van der Waals surface area contributed by atoms with Gasteiger partial charge in [0.15, 0.2) is 0 Å². The number of hydrogen-bond donors (Lipinski definition) is 1. The second-order valence-corrected chi connectivity index (χ2v) is 6.87. The van der Waals surface area contributed by atoms with Crippen LogP contribution in [0, 0.1) is 20.8 Å². The lowest BCUT2D eigenvalue weighted by Crippen LogP contribution is -2.23. The average Bonchev–Trinajstić information content (AvgIpc) is 2.43. The van der Waals surface area contributed by atoms with Crippen molar-refractivity contribution in [1.82, 2.24) is 5.32 Å². The molecule has 0 aliphatic rings. The highest BCUT2D eigenvalue weighted by Gasteiger charge is 2.13. The summed E-state index contributed by atoms with van der Waals surface area (Å²) in [5.41, 5.74) is 6.79. The van der Waals surface area contributed by atoms with Crippen molar-refractivity contribution in [2.75, 3.05) is 0 Å². The highest BCUT2D eigenvalue weighted by atomic mass is 79.9. The first-order valence-corrected chi connectivity index (χ1v) is 8.27. The zero-order chi connectivity index (χ0) is 15.6. The number of aryl methyl sites for hydroxylation is 3. The zero-order valence-electron chi connectivity index (χ0n) is 13.5. The Morgan fingerprint density at radius 3 is 2.00 bits per heavy atom. The van der Waals surface area contributed by atoms with E-state index < -0.39 is 0 Å². The fourth-order valence-electron chi connectivity index (χ4n) is 2.76. The molecule has 0 bridgehead atoms. The molecule has 21 heavy (non-hydrogen) atoms. The lowest BCUT2D eigenvalue weighted by Gasteiger charge is -2.23. The predicted molar refractivity (Wildman–Crippen MR) is 94.8 cm³/mol. The molecule has 1 unspecified atom stereocenters. The van der Waals surface area contributed by atoms with Gasteiger partial charge in [-0.05, 0) is 74.6 Å². The van der Waals surface area contributed by atoms with E-state index in [1.54, 1.807) is 0 Å². The summed E-state index contributed by atoms with van der Waals surface area (Å²) < 4.78 is 1.12. The fourth-order valence-corrected chi connectivity index (χ4v) is 3.03. The quantitative estimate of drug-likeness (QED) is 0.739. The highest BCUT2D eigenvalue weighted by molar-refractivity contribution is 9.10. The third kappa shape index (κ3) is 3.96. The summed E-state index contributed by atoms with van der Waals surface area (Å²) in [5, 5.41) is 3.70. The summed E-state index contributed by atoms with van der Waals surface area (Å²) in [6, 6.07) is 13.8. The largest absolute Gasteiger partial charge is 0.304 e. The smallest absolute Gasteiger partial charge is 0.0300 e. The van der Waals surface area contributed by atoms with Crippen LogP contribution in [0.4, 0.5) is 0 Å². The Balaban J connectivity index is 2.15. The number of halogens is 1. The maximum atomic E-state index is 3.70. The first-order valence-electron chi connectivity index (χ1n) is 7.47. The van der Waals surface area contributed by atoms with Gasteiger partial charge in [0.2, 0.25) is 0 Å². The normalized spacial score (nSPS) is 14.0. The summed E-state index contributed by atoms with van der Waals surface area (Å²) >= 11 is 3.49. The van der Waals surface area contributed by atoms with E-state index in [0.29, 0.717) is 12.1 Å². The SMILES string of the molecule is Cc1cc(C)c(C(C)N[C@@H](C)c2ccc(Br)cc2)cc1C. The Morgan fingerprint density at radius 1 is 0.810 bits per heavy atom. The van der Waals surface area contributed by atoms with Gasteiger partial charge in [-0.15, -0.1) is 0 Å². The average molecular weight is 346 g/mol. The second-order valence-electron chi connectivity index (χ2n) is 5.95. The van der Waals surface area contributed by atoms with Crippen molar-refractivity contribution >= 4 is 15.9 Å². The molecule has 2 aromatic carbocycles. The highest BCUT2D eigenvalue weighted by Crippen LogP contribution is 2.25. The zero-order valence-corrected chi connectivity index (χ0v) is 15.1. The maximum Gasteiger partial charge on any atom is 0.0300 e. The molecule has 0 amide bonds. The van der Waals surface area contributed by atoms with E-state index in [1.807, 2.05) is 0 Å². The Morgan fingerprint density at radius 2 is 1.38 bits per heavy atom. The molecule has 0 saturated heterocycles. The second kappa shape index (κ2) is 6.76.